The Labute approximate surface area is 128 Å². The molecule has 0 saturated carbocycles. The highest BCUT2D eigenvalue weighted by atomic mass is 16.5. The molecule has 1 aromatic carbocycles. The van der Waals surface area contributed by atoms with Crippen LogP contribution in [0.4, 0.5) is 0 Å². The second-order valence-electron chi connectivity index (χ2n) is 6.34. The van der Waals surface area contributed by atoms with Crippen LogP contribution in [-0.4, -0.2) is 43.4 Å². The van der Waals surface area contributed by atoms with Crippen molar-refractivity contribution in [2.24, 2.45) is 5.41 Å². The van der Waals surface area contributed by atoms with E-state index in [0.717, 1.165) is 45.5 Å². The summed E-state index contributed by atoms with van der Waals surface area (Å²) in [5.74, 6) is 0. The van der Waals surface area contributed by atoms with Crippen LogP contribution in [0.5, 0.6) is 0 Å². The van der Waals surface area contributed by atoms with Crippen LogP contribution in [0.15, 0.2) is 24.3 Å². The summed E-state index contributed by atoms with van der Waals surface area (Å²) in [6.45, 7) is 6.32. The van der Waals surface area contributed by atoms with E-state index in [1.807, 2.05) is 0 Å². The Kier molecular flexibility index (Phi) is 6.22. The number of aryl methyl sites for hydroxylation is 1. The summed E-state index contributed by atoms with van der Waals surface area (Å²) in [5.41, 5.74) is 2.89. The fourth-order valence-electron chi connectivity index (χ4n) is 3.47. The molecule has 1 aromatic rings. The summed E-state index contributed by atoms with van der Waals surface area (Å²) in [4.78, 5) is 2.50. The van der Waals surface area contributed by atoms with Crippen LogP contribution in [-0.2, 0) is 17.7 Å². The van der Waals surface area contributed by atoms with E-state index in [-0.39, 0.29) is 12.0 Å². The van der Waals surface area contributed by atoms with Crippen LogP contribution in [0, 0.1) is 5.41 Å². The lowest BCUT2D eigenvalue weighted by atomic mass is 9.78. The molecule has 1 atom stereocenters. The first kappa shape index (κ1) is 16.5. The van der Waals surface area contributed by atoms with Crippen LogP contribution in [0.3, 0.4) is 0 Å². The molecule has 3 nitrogen and oxygen atoms in total. The van der Waals surface area contributed by atoms with Gasteiger partial charge in [0.2, 0.25) is 0 Å². The topological polar surface area (TPSA) is 32.7 Å². The molecule has 118 valence electrons. The van der Waals surface area contributed by atoms with Crippen LogP contribution in [0.25, 0.3) is 0 Å². The molecule has 1 aliphatic heterocycles. The Balaban J connectivity index is 2.03. The van der Waals surface area contributed by atoms with Gasteiger partial charge in [0.05, 0.1) is 6.61 Å². The lowest BCUT2D eigenvalue weighted by Gasteiger charge is -2.42. The number of methoxy groups -OCH3 is 1. The molecule has 1 N–H and O–H groups in total. The Morgan fingerprint density at radius 2 is 2.05 bits per heavy atom. The average Bonchev–Trinajstić information content (AvgIpc) is 2.54. The van der Waals surface area contributed by atoms with Crippen molar-refractivity contribution in [3.8, 4) is 0 Å². The summed E-state index contributed by atoms with van der Waals surface area (Å²) < 4.78 is 5.23. The summed E-state index contributed by atoms with van der Waals surface area (Å²) >= 11 is 0. The molecule has 21 heavy (non-hydrogen) atoms. The quantitative estimate of drug-likeness (QED) is 0.838. The van der Waals surface area contributed by atoms with E-state index in [2.05, 4.69) is 36.1 Å². The first-order valence-electron chi connectivity index (χ1n) is 8.12. The number of benzene rings is 1. The average molecular weight is 291 g/mol. The zero-order chi connectivity index (χ0) is 15.1. The van der Waals surface area contributed by atoms with Crippen molar-refractivity contribution in [1.29, 1.82) is 0 Å². The number of aliphatic hydroxyl groups is 1. The van der Waals surface area contributed by atoms with E-state index in [9.17, 15) is 5.11 Å². The smallest absolute Gasteiger partial charge is 0.0500 e. The molecule has 0 aliphatic carbocycles. The van der Waals surface area contributed by atoms with Gasteiger partial charge in [-0.2, -0.15) is 0 Å². The van der Waals surface area contributed by atoms with E-state index >= 15 is 0 Å². The fraction of sp³-hybridized carbons (Fsp3) is 0.667. The van der Waals surface area contributed by atoms with Crippen molar-refractivity contribution in [3.63, 3.8) is 0 Å². The number of aliphatic hydroxyl groups excluding tert-OH is 1. The number of nitrogens with zero attached hydrogens (tertiary/aromatic N) is 1. The van der Waals surface area contributed by atoms with E-state index in [1.165, 1.54) is 17.5 Å². The highest BCUT2D eigenvalue weighted by Crippen LogP contribution is 2.34. The molecule has 0 spiro atoms. The van der Waals surface area contributed by atoms with Gasteiger partial charge in [-0.15, -0.1) is 0 Å². The molecule has 1 aliphatic rings. The number of ether oxygens (including phenoxy) is 1. The molecule has 0 amide bonds. The maximum absolute atomic E-state index is 9.87. The third-order valence-electron chi connectivity index (χ3n) is 4.81. The molecule has 1 saturated heterocycles. The highest BCUT2D eigenvalue weighted by Gasteiger charge is 2.34. The number of likely N-dealkylation sites (tertiary alicyclic amines) is 1. The first-order chi connectivity index (χ1) is 10.2. The summed E-state index contributed by atoms with van der Waals surface area (Å²) in [6.07, 6.45) is 4.31. The van der Waals surface area contributed by atoms with E-state index < -0.39 is 0 Å². The fourth-order valence-corrected chi connectivity index (χ4v) is 3.47. The monoisotopic (exact) mass is 291 g/mol. The molecule has 1 heterocycles. The van der Waals surface area contributed by atoms with Gasteiger partial charge < -0.3 is 9.84 Å². The Hall–Kier alpha value is -0.900. The van der Waals surface area contributed by atoms with Gasteiger partial charge in [-0.1, -0.05) is 31.2 Å². The minimum Gasteiger partial charge on any atom is -0.396 e. The normalized spacial score (nSPS) is 23.4. The minimum absolute atomic E-state index is 0.0232. The Morgan fingerprint density at radius 1 is 1.29 bits per heavy atom. The summed E-state index contributed by atoms with van der Waals surface area (Å²) in [6, 6.07) is 8.71. The van der Waals surface area contributed by atoms with Crippen molar-refractivity contribution < 1.29 is 9.84 Å². The van der Waals surface area contributed by atoms with Gasteiger partial charge in [-0.05, 0) is 43.4 Å². The largest absolute Gasteiger partial charge is 0.396 e. The number of piperidine rings is 1. The van der Waals surface area contributed by atoms with Gasteiger partial charge >= 0.3 is 0 Å². The van der Waals surface area contributed by atoms with Crippen molar-refractivity contribution in [2.75, 3.05) is 33.4 Å². The number of rotatable bonds is 7. The molecular formula is C18H29NO2. The highest BCUT2D eigenvalue weighted by molar-refractivity contribution is 5.27. The molecule has 0 bridgehead atoms. The molecule has 3 heteroatoms. The third kappa shape index (κ3) is 4.29. The van der Waals surface area contributed by atoms with Crippen LogP contribution in [0.1, 0.15) is 37.3 Å². The van der Waals surface area contributed by atoms with Crippen LogP contribution < -0.4 is 0 Å². The molecule has 2 rings (SSSR count). The predicted octanol–water partition coefficient (Wildman–Crippen LogP) is 2.86. The maximum atomic E-state index is 9.87. The minimum atomic E-state index is 0.0232. The van der Waals surface area contributed by atoms with Crippen molar-refractivity contribution in [3.05, 3.63) is 35.4 Å². The van der Waals surface area contributed by atoms with Gasteiger partial charge in [0.1, 0.15) is 0 Å². The van der Waals surface area contributed by atoms with Crippen LogP contribution in [0.2, 0.25) is 0 Å². The van der Waals surface area contributed by atoms with Crippen molar-refractivity contribution in [2.45, 2.75) is 39.2 Å². The summed E-state index contributed by atoms with van der Waals surface area (Å²) in [5, 5.41) is 9.87. The van der Waals surface area contributed by atoms with E-state index in [4.69, 9.17) is 4.74 Å². The zero-order valence-electron chi connectivity index (χ0n) is 13.5. The van der Waals surface area contributed by atoms with Gasteiger partial charge in [-0.3, -0.25) is 4.90 Å². The third-order valence-corrected chi connectivity index (χ3v) is 4.81. The molecular weight excluding hydrogens is 262 g/mol. The lowest BCUT2D eigenvalue weighted by Crippen LogP contribution is -2.45. The van der Waals surface area contributed by atoms with Crippen molar-refractivity contribution in [1.82, 2.24) is 4.90 Å². The second-order valence-corrected chi connectivity index (χ2v) is 6.34. The predicted molar refractivity (Wildman–Crippen MR) is 86.3 cm³/mol. The SMILES string of the molecule is CCc1ccccc1CN1CCC[C@@](CO)(CCOC)C1. The summed E-state index contributed by atoms with van der Waals surface area (Å²) in [7, 11) is 1.74. The number of hydrogen-bond acceptors (Lipinski definition) is 3. The number of hydrogen-bond donors (Lipinski definition) is 1. The van der Waals surface area contributed by atoms with Gasteiger partial charge in [0.25, 0.3) is 0 Å². The van der Waals surface area contributed by atoms with E-state index in [1.54, 1.807) is 7.11 Å². The first-order valence-corrected chi connectivity index (χ1v) is 8.12. The molecule has 0 unspecified atom stereocenters. The Bertz CT molecular complexity index is 435. The second kappa shape index (κ2) is 7.92. The van der Waals surface area contributed by atoms with Gasteiger partial charge in [0, 0.05) is 32.2 Å². The van der Waals surface area contributed by atoms with Crippen LogP contribution >= 0.6 is 0 Å². The van der Waals surface area contributed by atoms with Crippen molar-refractivity contribution >= 4 is 0 Å². The molecule has 0 aromatic heterocycles. The van der Waals surface area contributed by atoms with E-state index in [0.29, 0.717) is 0 Å². The lowest BCUT2D eigenvalue weighted by molar-refractivity contribution is 0.00469. The maximum Gasteiger partial charge on any atom is 0.0500 e. The Morgan fingerprint density at radius 3 is 2.71 bits per heavy atom. The van der Waals surface area contributed by atoms with Gasteiger partial charge in [-0.25, -0.2) is 0 Å². The standard InChI is InChI=1S/C18H29NO2/c1-3-16-7-4-5-8-17(16)13-19-11-6-9-18(14-19,15-20)10-12-21-2/h4-5,7-8,20H,3,6,9-15H2,1-2H3/t18-/m1/s1. The van der Waals surface area contributed by atoms with Gasteiger partial charge in [0.15, 0.2) is 0 Å². The molecule has 0 radical (unpaired) electrons. The molecule has 1 fully saturated rings. The zero-order valence-corrected chi connectivity index (χ0v) is 13.5.